The molecule has 0 bridgehead atoms. The van der Waals surface area contributed by atoms with Crippen LogP contribution < -0.4 is 5.32 Å². The Morgan fingerprint density at radius 1 is 1.22 bits per heavy atom. The first-order valence-corrected chi connectivity index (χ1v) is 6.61. The zero-order valence-electron chi connectivity index (χ0n) is 10.7. The Labute approximate surface area is 111 Å². The average molecular weight is 260 g/mol. The van der Waals surface area contributed by atoms with Crippen LogP contribution in [0.3, 0.4) is 0 Å². The molecule has 0 aliphatic heterocycles. The largest absolute Gasteiger partial charge is 0.321 e. The summed E-state index contributed by atoms with van der Waals surface area (Å²) in [5.41, 5.74) is 0.781. The molecule has 94 valence electrons. The normalized spacial score (nSPS) is 11.3. The molecule has 1 aromatic heterocycles. The summed E-state index contributed by atoms with van der Waals surface area (Å²) < 4.78 is 0. The van der Waals surface area contributed by atoms with E-state index in [-0.39, 0.29) is 11.3 Å². The van der Waals surface area contributed by atoms with Gasteiger partial charge in [-0.1, -0.05) is 39.0 Å². The van der Waals surface area contributed by atoms with Crippen molar-refractivity contribution in [2.45, 2.75) is 26.2 Å². The van der Waals surface area contributed by atoms with Gasteiger partial charge >= 0.3 is 0 Å². The van der Waals surface area contributed by atoms with Crippen molar-refractivity contribution in [3.05, 3.63) is 46.4 Å². The minimum atomic E-state index is -0.103. The van der Waals surface area contributed by atoms with Crippen LogP contribution in [0.15, 0.2) is 36.5 Å². The molecule has 0 saturated heterocycles. The highest BCUT2D eigenvalue weighted by molar-refractivity contribution is 7.13. The zero-order chi connectivity index (χ0) is 13.2. The molecule has 1 amide bonds. The molecule has 0 saturated carbocycles. The fourth-order valence-corrected chi connectivity index (χ4v) is 2.31. The number of thiazole rings is 1. The number of carbonyl (C=O) groups excluding carboxylic acids is 1. The quantitative estimate of drug-likeness (QED) is 0.894. The lowest BCUT2D eigenvalue weighted by Crippen LogP contribution is -2.10. The smallest absolute Gasteiger partial charge is 0.267 e. The number of anilines is 1. The van der Waals surface area contributed by atoms with Gasteiger partial charge in [0.2, 0.25) is 0 Å². The lowest BCUT2D eigenvalue weighted by Gasteiger charge is -2.13. The molecule has 0 unspecified atom stereocenters. The van der Waals surface area contributed by atoms with Crippen molar-refractivity contribution >= 4 is 22.9 Å². The third kappa shape index (κ3) is 2.96. The molecule has 0 spiro atoms. The van der Waals surface area contributed by atoms with Gasteiger partial charge in [-0.05, 0) is 12.1 Å². The molecule has 0 atom stereocenters. The summed E-state index contributed by atoms with van der Waals surface area (Å²) >= 11 is 1.44. The Morgan fingerprint density at radius 3 is 2.44 bits per heavy atom. The highest BCUT2D eigenvalue weighted by atomic mass is 32.1. The van der Waals surface area contributed by atoms with Crippen LogP contribution in [0.2, 0.25) is 0 Å². The van der Waals surface area contributed by atoms with Gasteiger partial charge in [0.25, 0.3) is 5.91 Å². The molecule has 3 nitrogen and oxygen atoms in total. The number of nitrogens with zero attached hydrogens (tertiary/aromatic N) is 1. The van der Waals surface area contributed by atoms with Gasteiger partial charge in [-0.3, -0.25) is 4.79 Å². The lowest BCUT2D eigenvalue weighted by molar-refractivity contribution is 0.103. The van der Waals surface area contributed by atoms with Crippen molar-refractivity contribution in [3.63, 3.8) is 0 Å². The minimum absolute atomic E-state index is 0.0179. The van der Waals surface area contributed by atoms with Gasteiger partial charge in [0.05, 0.1) is 11.2 Å². The number of rotatable bonds is 2. The van der Waals surface area contributed by atoms with E-state index in [1.165, 1.54) is 11.3 Å². The second-order valence-corrected chi connectivity index (χ2v) is 6.13. The SMILES string of the molecule is CC(C)(C)c1ncc(C(=O)Nc2ccccc2)s1. The van der Waals surface area contributed by atoms with Gasteiger partial charge in [0.1, 0.15) is 4.88 Å². The van der Waals surface area contributed by atoms with Crippen LogP contribution in [0.4, 0.5) is 5.69 Å². The van der Waals surface area contributed by atoms with Gasteiger partial charge in [0.15, 0.2) is 0 Å². The number of para-hydroxylation sites is 1. The van der Waals surface area contributed by atoms with Crippen LogP contribution in [0.1, 0.15) is 35.5 Å². The van der Waals surface area contributed by atoms with Crippen LogP contribution in [0.5, 0.6) is 0 Å². The van der Waals surface area contributed by atoms with Gasteiger partial charge in [0, 0.05) is 11.1 Å². The van der Waals surface area contributed by atoms with Crippen LogP contribution in [-0.4, -0.2) is 10.9 Å². The van der Waals surface area contributed by atoms with Gasteiger partial charge in [-0.15, -0.1) is 11.3 Å². The average Bonchev–Trinajstić information content (AvgIpc) is 2.79. The lowest BCUT2D eigenvalue weighted by atomic mass is 9.98. The van der Waals surface area contributed by atoms with Gasteiger partial charge in [-0.25, -0.2) is 4.98 Å². The summed E-state index contributed by atoms with van der Waals surface area (Å²) in [6.07, 6.45) is 1.64. The summed E-state index contributed by atoms with van der Waals surface area (Å²) in [6, 6.07) is 9.43. The highest BCUT2D eigenvalue weighted by Crippen LogP contribution is 2.27. The summed E-state index contributed by atoms with van der Waals surface area (Å²) in [6.45, 7) is 6.26. The number of carbonyl (C=O) groups is 1. The Kier molecular flexibility index (Phi) is 3.48. The number of amides is 1. The number of nitrogens with one attached hydrogen (secondary N) is 1. The zero-order valence-corrected chi connectivity index (χ0v) is 11.5. The maximum absolute atomic E-state index is 12.0. The molecular weight excluding hydrogens is 244 g/mol. The van der Waals surface area contributed by atoms with Crippen LogP contribution >= 0.6 is 11.3 Å². The first-order chi connectivity index (χ1) is 8.47. The molecular formula is C14H16N2OS. The van der Waals surface area contributed by atoms with E-state index < -0.39 is 0 Å². The van der Waals surface area contributed by atoms with E-state index in [2.05, 4.69) is 31.1 Å². The van der Waals surface area contributed by atoms with E-state index in [1.807, 2.05) is 30.3 Å². The highest BCUT2D eigenvalue weighted by Gasteiger charge is 2.20. The first-order valence-electron chi connectivity index (χ1n) is 5.79. The summed E-state index contributed by atoms with van der Waals surface area (Å²) in [4.78, 5) is 17.0. The minimum Gasteiger partial charge on any atom is -0.321 e. The summed E-state index contributed by atoms with van der Waals surface area (Å²) in [5, 5.41) is 3.83. The second kappa shape index (κ2) is 4.90. The topological polar surface area (TPSA) is 42.0 Å². The van der Waals surface area contributed by atoms with E-state index in [0.717, 1.165) is 10.7 Å². The molecule has 2 aromatic rings. The Hall–Kier alpha value is -1.68. The molecule has 2 rings (SSSR count). The Bertz CT molecular complexity index is 540. The fourth-order valence-electron chi connectivity index (χ4n) is 1.44. The predicted octanol–water partition coefficient (Wildman–Crippen LogP) is 3.69. The fraction of sp³-hybridized carbons (Fsp3) is 0.286. The molecule has 0 aliphatic carbocycles. The van der Waals surface area contributed by atoms with E-state index >= 15 is 0 Å². The maximum atomic E-state index is 12.0. The van der Waals surface area contributed by atoms with E-state index in [0.29, 0.717) is 4.88 Å². The van der Waals surface area contributed by atoms with Crippen LogP contribution in [-0.2, 0) is 5.41 Å². The summed E-state index contributed by atoms with van der Waals surface area (Å²) in [7, 11) is 0. The first kappa shape index (κ1) is 12.8. The second-order valence-electron chi connectivity index (χ2n) is 5.10. The molecule has 1 heterocycles. The maximum Gasteiger partial charge on any atom is 0.267 e. The summed E-state index contributed by atoms with van der Waals surface area (Å²) in [5.74, 6) is -0.103. The third-order valence-electron chi connectivity index (χ3n) is 2.40. The molecule has 1 aromatic carbocycles. The standard InChI is InChI=1S/C14H16N2OS/c1-14(2,3)13-15-9-11(18-13)12(17)16-10-7-5-4-6-8-10/h4-9H,1-3H3,(H,16,17). The van der Waals surface area contributed by atoms with Crippen molar-refractivity contribution in [2.24, 2.45) is 0 Å². The van der Waals surface area contributed by atoms with Gasteiger partial charge < -0.3 is 5.32 Å². The monoisotopic (exact) mass is 260 g/mol. The third-order valence-corrected chi connectivity index (χ3v) is 3.82. The molecule has 0 fully saturated rings. The molecule has 18 heavy (non-hydrogen) atoms. The van der Waals surface area contributed by atoms with Crippen molar-refractivity contribution in [2.75, 3.05) is 5.32 Å². The molecule has 0 aliphatic rings. The van der Waals surface area contributed by atoms with Gasteiger partial charge in [-0.2, -0.15) is 0 Å². The van der Waals surface area contributed by atoms with Crippen molar-refractivity contribution in [1.82, 2.24) is 4.98 Å². The van der Waals surface area contributed by atoms with Crippen molar-refractivity contribution < 1.29 is 4.79 Å². The molecule has 4 heteroatoms. The number of hydrogen-bond donors (Lipinski definition) is 1. The molecule has 1 N–H and O–H groups in total. The van der Waals surface area contributed by atoms with Crippen molar-refractivity contribution in [3.8, 4) is 0 Å². The Morgan fingerprint density at radius 2 is 1.89 bits per heavy atom. The number of aromatic nitrogens is 1. The van der Waals surface area contributed by atoms with E-state index in [1.54, 1.807) is 6.20 Å². The Balaban J connectivity index is 2.13. The molecule has 0 radical (unpaired) electrons. The van der Waals surface area contributed by atoms with Crippen molar-refractivity contribution in [1.29, 1.82) is 0 Å². The van der Waals surface area contributed by atoms with E-state index in [9.17, 15) is 4.79 Å². The number of hydrogen-bond acceptors (Lipinski definition) is 3. The van der Waals surface area contributed by atoms with Crippen LogP contribution in [0, 0.1) is 0 Å². The predicted molar refractivity (Wildman–Crippen MR) is 75.2 cm³/mol. The number of benzene rings is 1. The van der Waals surface area contributed by atoms with Crippen LogP contribution in [0.25, 0.3) is 0 Å². The van der Waals surface area contributed by atoms with E-state index in [4.69, 9.17) is 0 Å².